The number of aromatic nitrogens is 1. The summed E-state index contributed by atoms with van der Waals surface area (Å²) in [5.41, 5.74) is 2.19. The van der Waals surface area contributed by atoms with Gasteiger partial charge in [-0.2, -0.15) is 0 Å². The Bertz CT molecular complexity index is 1060. The molecule has 2 heterocycles. The second kappa shape index (κ2) is 8.96. The zero-order valence-electron chi connectivity index (χ0n) is 17.4. The van der Waals surface area contributed by atoms with Crippen LogP contribution in [0.25, 0.3) is 10.8 Å². The van der Waals surface area contributed by atoms with Gasteiger partial charge in [-0.15, -0.1) is 11.3 Å². The molecule has 1 aromatic heterocycles. The van der Waals surface area contributed by atoms with Gasteiger partial charge in [-0.25, -0.2) is 4.98 Å². The Morgan fingerprint density at radius 3 is 2.63 bits per heavy atom. The van der Waals surface area contributed by atoms with Crippen LogP contribution in [0.4, 0.5) is 0 Å². The molecular formula is C24H26N2O3S. The Morgan fingerprint density at radius 1 is 1.13 bits per heavy atom. The molecule has 0 unspecified atom stereocenters. The average molecular weight is 423 g/mol. The number of piperidine rings is 1. The Labute approximate surface area is 180 Å². The van der Waals surface area contributed by atoms with E-state index in [1.807, 2.05) is 11.8 Å². The molecule has 0 bridgehead atoms. The van der Waals surface area contributed by atoms with Gasteiger partial charge < -0.3 is 9.64 Å². The number of carbonyl (C=O) groups excluding carboxylic acids is 2. The number of rotatable bonds is 5. The number of aryl methyl sites for hydroxylation is 1. The Hall–Kier alpha value is -2.73. The van der Waals surface area contributed by atoms with E-state index in [1.54, 1.807) is 11.3 Å². The standard InChI is InChI=1S/C24H26N2O3S/c1-16-21(15-23(27)26-12-10-18(11-13-26)24(28)29-2)30-22(25-16)14-19-8-5-7-17-6-3-4-9-20(17)19/h3-9,18H,10-15H2,1-2H3. The molecule has 0 saturated carbocycles. The highest BCUT2D eigenvalue weighted by Gasteiger charge is 2.28. The highest BCUT2D eigenvalue weighted by atomic mass is 32.1. The van der Waals surface area contributed by atoms with Crippen molar-refractivity contribution >= 4 is 34.0 Å². The molecule has 0 radical (unpaired) electrons. The summed E-state index contributed by atoms with van der Waals surface area (Å²) in [5.74, 6) is -0.142. The molecule has 2 aromatic carbocycles. The van der Waals surface area contributed by atoms with E-state index in [1.165, 1.54) is 23.4 Å². The number of thiazole rings is 1. The maximum absolute atomic E-state index is 12.8. The van der Waals surface area contributed by atoms with Gasteiger partial charge >= 0.3 is 5.97 Å². The van der Waals surface area contributed by atoms with Crippen LogP contribution in [0.15, 0.2) is 42.5 Å². The molecule has 1 aliphatic heterocycles. The van der Waals surface area contributed by atoms with Crippen molar-refractivity contribution in [3.8, 4) is 0 Å². The SMILES string of the molecule is COC(=O)C1CCN(C(=O)Cc2sc(Cc3cccc4ccccc34)nc2C)CC1. The van der Waals surface area contributed by atoms with Crippen LogP contribution < -0.4 is 0 Å². The fourth-order valence-corrected chi connectivity index (χ4v) is 5.20. The third kappa shape index (κ3) is 4.38. The third-order valence-electron chi connectivity index (χ3n) is 5.85. The van der Waals surface area contributed by atoms with Crippen molar-refractivity contribution in [2.45, 2.75) is 32.6 Å². The van der Waals surface area contributed by atoms with E-state index >= 15 is 0 Å². The lowest BCUT2D eigenvalue weighted by atomic mass is 9.97. The Kier molecular flexibility index (Phi) is 6.13. The van der Waals surface area contributed by atoms with Crippen LogP contribution in [0.3, 0.4) is 0 Å². The van der Waals surface area contributed by atoms with Crippen LogP contribution in [0.1, 0.15) is 34.0 Å². The maximum Gasteiger partial charge on any atom is 0.308 e. The predicted molar refractivity (Wildman–Crippen MR) is 119 cm³/mol. The first-order valence-electron chi connectivity index (χ1n) is 10.3. The molecule has 5 nitrogen and oxygen atoms in total. The maximum atomic E-state index is 12.8. The molecule has 1 amide bonds. The summed E-state index contributed by atoms with van der Waals surface area (Å²) in [6, 6.07) is 14.7. The minimum atomic E-state index is -0.168. The number of hydrogen-bond donors (Lipinski definition) is 0. The Balaban J connectivity index is 1.42. The summed E-state index contributed by atoms with van der Waals surface area (Å²) in [6.07, 6.45) is 2.49. The van der Waals surface area contributed by atoms with E-state index in [4.69, 9.17) is 9.72 Å². The van der Waals surface area contributed by atoms with E-state index in [-0.39, 0.29) is 17.8 Å². The predicted octanol–water partition coefficient (Wildman–Crippen LogP) is 4.15. The molecule has 1 aliphatic rings. The number of fused-ring (bicyclic) bond motifs is 1. The summed E-state index contributed by atoms with van der Waals surface area (Å²) < 4.78 is 4.83. The van der Waals surface area contributed by atoms with E-state index in [9.17, 15) is 9.59 Å². The zero-order valence-corrected chi connectivity index (χ0v) is 18.2. The molecule has 1 saturated heterocycles. The van der Waals surface area contributed by atoms with Crippen LogP contribution >= 0.6 is 11.3 Å². The van der Waals surface area contributed by atoms with Gasteiger partial charge in [-0.1, -0.05) is 42.5 Å². The fraction of sp³-hybridized carbons (Fsp3) is 0.375. The summed E-state index contributed by atoms with van der Waals surface area (Å²) in [6.45, 7) is 3.20. The first-order chi connectivity index (χ1) is 14.5. The molecule has 4 rings (SSSR count). The number of amides is 1. The molecule has 0 atom stereocenters. The van der Waals surface area contributed by atoms with Gasteiger partial charge in [0.1, 0.15) is 0 Å². The molecule has 1 fully saturated rings. The Morgan fingerprint density at radius 2 is 1.87 bits per heavy atom. The van der Waals surface area contributed by atoms with Crippen LogP contribution in [0.2, 0.25) is 0 Å². The van der Waals surface area contributed by atoms with Gasteiger partial charge in [0.2, 0.25) is 5.91 Å². The normalized spacial score (nSPS) is 14.8. The molecule has 156 valence electrons. The van der Waals surface area contributed by atoms with Crippen molar-refractivity contribution in [1.29, 1.82) is 0 Å². The molecule has 3 aromatic rings. The van der Waals surface area contributed by atoms with Crippen LogP contribution in [0.5, 0.6) is 0 Å². The lowest BCUT2D eigenvalue weighted by molar-refractivity contribution is -0.148. The van der Waals surface area contributed by atoms with Gasteiger partial charge in [0, 0.05) is 24.4 Å². The quantitative estimate of drug-likeness (QED) is 0.580. The van der Waals surface area contributed by atoms with Crippen molar-refractivity contribution in [2.75, 3.05) is 20.2 Å². The number of esters is 1. The van der Waals surface area contributed by atoms with Crippen molar-refractivity contribution in [2.24, 2.45) is 5.92 Å². The monoisotopic (exact) mass is 422 g/mol. The van der Waals surface area contributed by atoms with Gasteiger partial charge in [-0.3, -0.25) is 9.59 Å². The number of methoxy groups -OCH3 is 1. The fourth-order valence-electron chi connectivity index (χ4n) is 4.12. The molecule has 30 heavy (non-hydrogen) atoms. The molecule has 6 heteroatoms. The lowest BCUT2D eigenvalue weighted by Crippen LogP contribution is -2.41. The van der Waals surface area contributed by atoms with Crippen molar-refractivity contribution in [3.63, 3.8) is 0 Å². The first-order valence-corrected chi connectivity index (χ1v) is 11.1. The van der Waals surface area contributed by atoms with Crippen molar-refractivity contribution < 1.29 is 14.3 Å². The lowest BCUT2D eigenvalue weighted by Gasteiger charge is -2.30. The van der Waals surface area contributed by atoms with Gasteiger partial charge in [0.15, 0.2) is 0 Å². The average Bonchev–Trinajstić information content (AvgIpc) is 3.12. The number of ether oxygens (including phenoxy) is 1. The van der Waals surface area contributed by atoms with E-state index in [2.05, 4.69) is 42.5 Å². The van der Waals surface area contributed by atoms with Crippen molar-refractivity contribution in [3.05, 3.63) is 63.6 Å². The molecule has 0 spiro atoms. The molecular weight excluding hydrogens is 396 g/mol. The zero-order chi connectivity index (χ0) is 21.1. The second-order valence-corrected chi connectivity index (χ2v) is 8.95. The minimum absolute atomic E-state index is 0.0866. The minimum Gasteiger partial charge on any atom is -0.469 e. The van der Waals surface area contributed by atoms with Crippen LogP contribution in [-0.2, 0) is 27.2 Å². The highest BCUT2D eigenvalue weighted by Crippen LogP contribution is 2.26. The first kappa shape index (κ1) is 20.5. The van der Waals surface area contributed by atoms with E-state index in [0.29, 0.717) is 32.4 Å². The van der Waals surface area contributed by atoms with Gasteiger partial charge in [0.05, 0.1) is 30.2 Å². The summed E-state index contributed by atoms with van der Waals surface area (Å²) in [4.78, 5) is 32.1. The van der Waals surface area contributed by atoms with E-state index in [0.717, 1.165) is 22.0 Å². The largest absolute Gasteiger partial charge is 0.469 e. The summed E-state index contributed by atoms with van der Waals surface area (Å²) in [7, 11) is 1.42. The van der Waals surface area contributed by atoms with Gasteiger partial charge in [-0.05, 0) is 36.1 Å². The highest BCUT2D eigenvalue weighted by molar-refractivity contribution is 7.11. The molecule has 0 aliphatic carbocycles. The van der Waals surface area contributed by atoms with Crippen molar-refractivity contribution in [1.82, 2.24) is 9.88 Å². The van der Waals surface area contributed by atoms with E-state index < -0.39 is 0 Å². The number of nitrogens with zero attached hydrogens (tertiary/aromatic N) is 2. The number of carbonyl (C=O) groups is 2. The number of likely N-dealkylation sites (tertiary alicyclic amines) is 1. The van der Waals surface area contributed by atoms with Crippen LogP contribution in [-0.4, -0.2) is 42.0 Å². The second-order valence-electron chi connectivity index (χ2n) is 7.79. The van der Waals surface area contributed by atoms with Gasteiger partial charge in [0.25, 0.3) is 0 Å². The topological polar surface area (TPSA) is 59.5 Å². The summed E-state index contributed by atoms with van der Waals surface area (Å²) >= 11 is 1.63. The summed E-state index contributed by atoms with van der Waals surface area (Å²) in [5, 5.41) is 3.52. The smallest absolute Gasteiger partial charge is 0.308 e. The molecule has 0 N–H and O–H groups in total. The number of benzene rings is 2. The third-order valence-corrected chi connectivity index (χ3v) is 7.01. The number of hydrogen-bond acceptors (Lipinski definition) is 5. The van der Waals surface area contributed by atoms with Crippen LogP contribution in [0, 0.1) is 12.8 Å².